The minimum absolute atomic E-state index is 0.417. The third-order valence-corrected chi connectivity index (χ3v) is 8.46. The fraction of sp³-hybridized carbons (Fsp3) is 0.487. The molecule has 4 aromatic rings. The summed E-state index contributed by atoms with van der Waals surface area (Å²) in [6, 6.07) is 21.5. The summed E-state index contributed by atoms with van der Waals surface area (Å²) in [4.78, 5) is 20.6. The van der Waals surface area contributed by atoms with Crippen LogP contribution in [0.2, 0.25) is 5.02 Å². The molecule has 0 aliphatic rings. The number of ether oxygens (including phenoxy) is 3. The third-order valence-electron chi connectivity index (χ3n) is 8.20. The zero-order valence-electron chi connectivity index (χ0n) is 29.6. The van der Waals surface area contributed by atoms with Crippen LogP contribution in [0.15, 0.2) is 66.7 Å². The molecule has 1 heterocycles. The van der Waals surface area contributed by atoms with E-state index in [2.05, 4.69) is 41.6 Å². The molecule has 0 fully saturated rings. The van der Waals surface area contributed by atoms with E-state index in [9.17, 15) is 4.79 Å². The zero-order valence-corrected chi connectivity index (χ0v) is 30.3. The average Bonchev–Trinajstić information content (AvgIpc) is 3.42. The molecule has 1 atom stereocenters. The number of nitrogens with zero attached hydrogens (tertiary/aromatic N) is 3. The fourth-order valence-electron chi connectivity index (χ4n) is 5.60. The van der Waals surface area contributed by atoms with Gasteiger partial charge >= 0.3 is 6.09 Å². The van der Waals surface area contributed by atoms with Crippen molar-refractivity contribution in [3.05, 3.63) is 88.7 Å². The lowest BCUT2D eigenvalue weighted by atomic mass is 10.0. The van der Waals surface area contributed by atoms with E-state index < -0.39 is 17.7 Å². The maximum Gasteiger partial charge on any atom is 0.408 e. The van der Waals surface area contributed by atoms with Gasteiger partial charge in [-0.3, -0.25) is 0 Å². The molecule has 1 amide bonds. The van der Waals surface area contributed by atoms with Gasteiger partial charge < -0.3 is 29.0 Å². The van der Waals surface area contributed by atoms with Gasteiger partial charge in [0.25, 0.3) is 0 Å². The SMILES string of the molecule is CCCCn1c(C(Cc2ccc(OCCc3ccc(Cl)cc3)cc2)NC(=O)OC(C)(C)C)nc2ccc(OCCCN(CC)CC)cc21. The van der Waals surface area contributed by atoms with Crippen molar-refractivity contribution in [3.8, 4) is 11.5 Å². The van der Waals surface area contributed by atoms with E-state index in [0.29, 0.717) is 19.6 Å². The second-order valence-corrected chi connectivity index (χ2v) is 13.6. The minimum Gasteiger partial charge on any atom is -0.493 e. The lowest BCUT2D eigenvalue weighted by molar-refractivity contribution is 0.0500. The molecule has 48 heavy (non-hydrogen) atoms. The van der Waals surface area contributed by atoms with Crippen molar-refractivity contribution < 1.29 is 19.0 Å². The van der Waals surface area contributed by atoms with E-state index in [4.69, 9.17) is 30.8 Å². The molecule has 0 spiro atoms. The molecule has 0 bridgehead atoms. The first kappa shape index (κ1) is 37.1. The highest BCUT2D eigenvalue weighted by Gasteiger charge is 2.26. The van der Waals surface area contributed by atoms with E-state index in [1.807, 2.05) is 81.4 Å². The number of halogens is 1. The van der Waals surface area contributed by atoms with Gasteiger partial charge in [-0.2, -0.15) is 0 Å². The van der Waals surface area contributed by atoms with Gasteiger partial charge in [-0.25, -0.2) is 9.78 Å². The van der Waals surface area contributed by atoms with Gasteiger partial charge in [-0.15, -0.1) is 0 Å². The molecule has 1 aromatic heterocycles. The van der Waals surface area contributed by atoms with E-state index in [-0.39, 0.29) is 0 Å². The Balaban J connectivity index is 1.54. The first-order valence-corrected chi connectivity index (χ1v) is 17.8. The Morgan fingerprint density at radius 2 is 1.56 bits per heavy atom. The van der Waals surface area contributed by atoms with Crippen molar-refractivity contribution in [2.75, 3.05) is 32.8 Å². The molecule has 0 aliphatic heterocycles. The number of aromatic nitrogens is 2. The van der Waals surface area contributed by atoms with Crippen LogP contribution in [0.25, 0.3) is 11.0 Å². The molecule has 260 valence electrons. The number of benzene rings is 3. The van der Waals surface area contributed by atoms with Gasteiger partial charge in [0.05, 0.1) is 30.3 Å². The quantitative estimate of drug-likeness (QED) is 0.106. The lowest BCUT2D eigenvalue weighted by Crippen LogP contribution is -2.37. The number of fused-ring (bicyclic) bond motifs is 1. The summed E-state index contributed by atoms with van der Waals surface area (Å²) in [7, 11) is 0. The highest BCUT2D eigenvalue weighted by atomic mass is 35.5. The van der Waals surface area contributed by atoms with Crippen molar-refractivity contribution in [2.24, 2.45) is 0 Å². The van der Waals surface area contributed by atoms with Crippen LogP contribution in [0.5, 0.6) is 11.5 Å². The zero-order chi connectivity index (χ0) is 34.5. The Morgan fingerprint density at radius 1 is 0.896 bits per heavy atom. The number of hydrogen-bond acceptors (Lipinski definition) is 6. The van der Waals surface area contributed by atoms with Crippen molar-refractivity contribution >= 4 is 28.7 Å². The normalized spacial score (nSPS) is 12.3. The molecule has 0 saturated heterocycles. The Morgan fingerprint density at radius 3 is 2.23 bits per heavy atom. The molecule has 4 rings (SSSR count). The van der Waals surface area contributed by atoms with Crippen molar-refractivity contribution in [2.45, 2.75) is 91.8 Å². The summed E-state index contributed by atoms with van der Waals surface area (Å²) in [5.74, 6) is 2.42. The van der Waals surface area contributed by atoms with Gasteiger partial charge in [0.15, 0.2) is 0 Å². The van der Waals surface area contributed by atoms with Gasteiger partial charge in [0.2, 0.25) is 0 Å². The number of alkyl carbamates (subject to hydrolysis) is 1. The van der Waals surface area contributed by atoms with Crippen LogP contribution in [0, 0.1) is 0 Å². The van der Waals surface area contributed by atoms with Crippen LogP contribution < -0.4 is 14.8 Å². The molecule has 0 aliphatic carbocycles. The number of nitrogens with one attached hydrogen (secondary N) is 1. The second-order valence-electron chi connectivity index (χ2n) is 13.1. The molecule has 3 aromatic carbocycles. The molecule has 0 saturated carbocycles. The van der Waals surface area contributed by atoms with Crippen LogP contribution in [0.1, 0.15) is 83.8 Å². The molecular formula is C39H53ClN4O4. The Bertz CT molecular complexity index is 1560. The highest BCUT2D eigenvalue weighted by Crippen LogP contribution is 2.28. The van der Waals surface area contributed by atoms with E-state index in [0.717, 1.165) is 90.8 Å². The van der Waals surface area contributed by atoms with Crippen molar-refractivity contribution in [1.29, 1.82) is 0 Å². The molecule has 0 radical (unpaired) electrons. The average molecular weight is 677 g/mol. The minimum atomic E-state index is -0.625. The predicted molar refractivity (Wildman–Crippen MR) is 195 cm³/mol. The number of hydrogen-bond donors (Lipinski definition) is 1. The first-order valence-electron chi connectivity index (χ1n) is 17.4. The number of rotatable bonds is 18. The van der Waals surface area contributed by atoms with Crippen LogP contribution >= 0.6 is 11.6 Å². The largest absolute Gasteiger partial charge is 0.493 e. The number of carbonyl (C=O) groups excluding carboxylic acids is 1. The monoisotopic (exact) mass is 676 g/mol. The van der Waals surface area contributed by atoms with Crippen molar-refractivity contribution in [1.82, 2.24) is 19.8 Å². The fourth-order valence-corrected chi connectivity index (χ4v) is 5.72. The first-order chi connectivity index (χ1) is 23.1. The van der Waals surface area contributed by atoms with Crippen LogP contribution in [0.4, 0.5) is 4.79 Å². The molecule has 1 unspecified atom stereocenters. The highest BCUT2D eigenvalue weighted by molar-refractivity contribution is 6.30. The number of unbranched alkanes of at least 4 members (excludes halogenated alkanes) is 1. The molecular weight excluding hydrogens is 624 g/mol. The van der Waals surface area contributed by atoms with E-state index in [1.165, 1.54) is 5.56 Å². The Hall–Kier alpha value is -3.75. The molecule has 9 heteroatoms. The topological polar surface area (TPSA) is 77.8 Å². The van der Waals surface area contributed by atoms with Crippen LogP contribution in [0.3, 0.4) is 0 Å². The van der Waals surface area contributed by atoms with E-state index >= 15 is 0 Å². The van der Waals surface area contributed by atoms with Gasteiger partial charge in [-0.05, 0) is 94.2 Å². The maximum atomic E-state index is 13.2. The Labute approximate surface area is 291 Å². The predicted octanol–water partition coefficient (Wildman–Crippen LogP) is 9.03. The third kappa shape index (κ3) is 11.4. The van der Waals surface area contributed by atoms with E-state index in [1.54, 1.807) is 0 Å². The maximum absolute atomic E-state index is 13.2. The lowest BCUT2D eigenvalue weighted by Gasteiger charge is -2.24. The van der Waals surface area contributed by atoms with Gasteiger partial charge in [-0.1, -0.05) is 63.1 Å². The number of amides is 1. The molecule has 8 nitrogen and oxygen atoms in total. The number of carbonyl (C=O) groups is 1. The standard InChI is InChI=1S/C39H53ClN4O4/c1-7-10-24-44-36-28-33(46-25-11-23-43(8-2)9-3)20-21-34(36)41-37(44)35(42-38(45)48-39(4,5)6)27-30-14-18-32(19-15-30)47-26-22-29-12-16-31(40)17-13-29/h12-21,28,35H,7-11,22-27H2,1-6H3,(H,42,45). The summed E-state index contributed by atoms with van der Waals surface area (Å²) in [5, 5.41) is 3.87. The van der Waals surface area contributed by atoms with Crippen molar-refractivity contribution in [3.63, 3.8) is 0 Å². The van der Waals surface area contributed by atoms with Gasteiger partial charge in [0, 0.05) is 37.0 Å². The summed E-state index contributed by atoms with van der Waals surface area (Å²) < 4.78 is 20.1. The Kier molecular flexibility index (Phi) is 14.0. The van der Waals surface area contributed by atoms with Gasteiger partial charge in [0.1, 0.15) is 22.9 Å². The smallest absolute Gasteiger partial charge is 0.408 e. The molecule has 1 N–H and O–H groups in total. The van der Waals surface area contributed by atoms with Crippen LogP contribution in [-0.2, 0) is 24.1 Å². The summed E-state index contributed by atoms with van der Waals surface area (Å²) in [6.45, 7) is 17.3. The summed E-state index contributed by atoms with van der Waals surface area (Å²) in [6.07, 6.45) is 3.83. The summed E-state index contributed by atoms with van der Waals surface area (Å²) in [5.41, 5.74) is 3.47. The number of imidazole rings is 1. The van der Waals surface area contributed by atoms with Crippen LogP contribution in [-0.4, -0.2) is 59.0 Å². The second kappa shape index (κ2) is 18.1. The summed E-state index contributed by atoms with van der Waals surface area (Å²) >= 11 is 6.01. The number of aryl methyl sites for hydroxylation is 1.